The van der Waals surface area contributed by atoms with Gasteiger partial charge in [0.25, 0.3) is 0 Å². The Morgan fingerprint density at radius 1 is 1.03 bits per heavy atom. The van der Waals surface area contributed by atoms with Crippen LogP contribution in [0.2, 0.25) is 0 Å². The van der Waals surface area contributed by atoms with Crippen molar-refractivity contribution >= 4 is 39.2 Å². The lowest BCUT2D eigenvalue weighted by Gasteiger charge is -2.30. The van der Waals surface area contributed by atoms with Crippen molar-refractivity contribution in [3.63, 3.8) is 0 Å². The van der Waals surface area contributed by atoms with Crippen LogP contribution in [0.25, 0.3) is 38.4 Å². The molecule has 1 aromatic heterocycles. The Kier molecular flexibility index (Phi) is 6.74. The van der Waals surface area contributed by atoms with Crippen molar-refractivity contribution in [2.75, 3.05) is 27.3 Å². The molecule has 2 heterocycles. The van der Waals surface area contributed by atoms with E-state index >= 15 is 0 Å². The molecule has 190 valence electrons. The highest BCUT2D eigenvalue weighted by Gasteiger charge is 2.27. The van der Waals surface area contributed by atoms with Crippen LogP contribution in [0.5, 0.6) is 5.75 Å². The molecule has 0 atom stereocenters. The maximum atomic E-state index is 13.1. The second-order valence-electron chi connectivity index (χ2n) is 9.62. The summed E-state index contributed by atoms with van der Waals surface area (Å²) in [7, 11) is 3.04. The van der Waals surface area contributed by atoms with Crippen molar-refractivity contribution < 1.29 is 23.5 Å². The number of esters is 1. The molecule has 4 aromatic rings. The molecule has 1 amide bonds. The van der Waals surface area contributed by atoms with Crippen LogP contribution in [0.15, 0.2) is 65.3 Å². The number of carbonyl (C=O) groups is 2. The molecule has 1 saturated heterocycles. The summed E-state index contributed by atoms with van der Waals surface area (Å²) in [5.74, 6) is 0.286. The van der Waals surface area contributed by atoms with Crippen LogP contribution in [-0.4, -0.2) is 44.1 Å². The highest BCUT2D eigenvalue weighted by Crippen LogP contribution is 2.41. The van der Waals surface area contributed by atoms with Crippen LogP contribution >= 0.6 is 0 Å². The molecule has 1 aliphatic heterocycles. The zero-order valence-electron chi connectivity index (χ0n) is 21.7. The van der Waals surface area contributed by atoms with Gasteiger partial charge >= 0.3 is 5.97 Å². The van der Waals surface area contributed by atoms with Gasteiger partial charge in [0.15, 0.2) is 0 Å². The van der Waals surface area contributed by atoms with Crippen LogP contribution < -0.4 is 4.74 Å². The predicted molar refractivity (Wildman–Crippen MR) is 145 cm³/mol. The third kappa shape index (κ3) is 4.59. The standard InChI is InChI=1S/C31H31NO5/c1-19(15-28(33)32-13-11-22(12-14-32)31(34)36-4)25-17-26-27(18-37-30(26)20(2)29(25)35-3)24-10-9-21-7-5-6-8-23(21)16-24/h5-10,15-18,22H,11-14H2,1-4H3/b19-15+. The number of benzene rings is 3. The number of furan rings is 1. The van der Waals surface area contributed by atoms with E-state index in [4.69, 9.17) is 13.9 Å². The summed E-state index contributed by atoms with van der Waals surface area (Å²) >= 11 is 0. The molecule has 6 heteroatoms. The first-order valence-corrected chi connectivity index (χ1v) is 12.5. The third-order valence-corrected chi connectivity index (χ3v) is 7.41. The van der Waals surface area contributed by atoms with Crippen LogP contribution in [0.4, 0.5) is 0 Å². The Morgan fingerprint density at radius 2 is 1.76 bits per heavy atom. The molecule has 0 saturated carbocycles. The van der Waals surface area contributed by atoms with Crippen molar-refractivity contribution in [3.8, 4) is 16.9 Å². The molecule has 1 fully saturated rings. The lowest BCUT2D eigenvalue weighted by atomic mass is 9.95. The largest absolute Gasteiger partial charge is 0.496 e. The van der Waals surface area contributed by atoms with Crippen LogP contribution in [0, 0.1) is 12.8 Å². The second kappa shape index (κ2) is 10.1. The minimum atomic E-state index is -0.199. The molecule has 0 N–H and O–H groups in total. The van der Waals surface area contributed by atoms with Gasteiger partial charge in [-0.25, -0.2) is 0 Å². The van der Waals surface area contributed by atoms with E-state index in [1.54, 1.807) is 24.3 Å². The molecule has 5 rings (SSSR count). The van der Waals surface area contributed by atoms with Gasteiger partial charge in [-0.3, -0.25) is 9.59 Å². The number of carbonyl (C=O) groups excluding carboxylic acids is 2. The van der Waals surface area contributed by atoms with E-state index < -0.39 is 0 Å². The summed E-state index contributed by atoms with van der Waals surface area (Å²) in [6, 6.07) is 16.7. The van der Waals surface area contributed by atoms with E-state index in [-0.39, 0.29) is 17.8 Å². The molecule has 3 aromatic carbocycles. The van der Waals surface area contributed by atoms with Gasteiger partial charge in [-0.1, -0.05) is 36.4 Å². The van der Waals surface area contributed by atoms with Crippen molar-refractivity contribution in [1.29, 1.82) is 0 Å². The van der Waals surface area contributed by atoms with E-state index in [1.165, 1.54) is 12.5 Å². The lowest BCUT2D eigenvalue weighted by molar-refractivity contribution is -0.148. The van der Waals surface area contributed by atoms with E-state index in [9.17, 15) is 9.59 Å². The molecule has 0 spiro atoms. The van der Waals surface area contributed by atoms with Gasteiger partial charge in [-0.2, -0.15) is 0 Å². The van der Waals surface area contributed by atoms with Crippen LogP contribution in [0.1, 0.15) is 30.9 Å². The summed E-state index contributed by atoms with van der Waals surface area (Å²) in [5.41, 5.74) is 5.39. The molecule has 37 heavy (non-hydrogen) atoms. The smallest absolute Gasteiger partial charge is 0.308 e. The number of rotatable bonds is 5. The van der Waals surface area contributed by atoms with E-state index in [2.05, 4.69) is 36.4 Å². The zero-order chi connectivity index (χ0) is 26.1. The fraction of sp³-hybridized carbons (Fsp3) is 0.290. The van der Waals surface area contributed by atoms with E-state index in [0.717, 1.165) is 44.2 Å². The first-order valence-electron chi connectivity index (χ1n) is 12.5. The molecule has 0 bridgehead atoms. The Labute approximate surface area is 216 Å². The van der Waals surface area contributed by atoms with Crippen LogP contribution in [-0.2, 0) is 14.3 Å². The summed E-state index contributed by atoms with van der Waals surface area (Å²) < 4.78 is 16.7. The van der Waals surface area contributed by atoms with Crippen molar-refractivity contribution in [2.24, 2.45) is 5.92 Å². The average Bonchev–Trinajstić information content (AvgIpc) is 3.36. The number of allylic oxidation sites excluding steroid dienone is 1. The number of methoxy groups -OCH3 is 2. The fourth-order valence-electron chi connectivity index (χ4n) is 5.31. The number of hydrogen-bond acceptors (Lipinski definition) is 5. The zero-order valence-corrected chi connectivity index (χ0v) is 21.7. The number of amides is 1. The number of hydrogen-bond donors (Lipinski definition) is 0. The van der Waals surface area contributed by atoms with Gasteiger partial charge in [-0.15, -0.1) is 0 Å². The highest BCUT2D eigenvalue weighted by atomic mass is 16.5. The summed E-state index contributed by atoms with van der Waals surface area (Å²) in [4.78, 5) is 26.7. The summed E-state index contributed by atoms with van der Waals surface area (Å²) in [6.45, 7) is 4.97. The van der Waals surface area contributed by atoms with Crippen molar-refractivity contribution in [3.05, 3.63) is 72.0 Å². The summed E-state index contributed by atoms with van der Waals surface area (Å²) in [5, 5.41) is 3.32. The van der Waals surface area contributed by atoms with Gasteiger partial charge in [0.05, 0.1) is 26.4 Å². The Hall–Kier alpha value is -4.06. The number of fused-ring (bicyclic) bond motifs is 2. The van der Waals surface area contributed by atoms with Gasteiger partial charge in [0.1, 0.15) is 11.3 Å². The Balaban J connectivity index is 1.49. The third-order valence-electron chi connectivity index (χ3n) is 7.41. The number of aryl methyl sites for hydroxylation is 1. The van der Waals surface area contributed by atoms with E-state index in [1.807, 2.05) is 26.0 Å². The van der Waals surface area contributed by atoms with Crippen molar-refractivity contribution in [2.45, 2.75) is 26.7 Å². The average molecular weight is 498 g/mol. The first-order chi connectivity index (χ1) is 17.9. The lowest BCUT2D eigenvalue weighted by Crippen LogP contribution is -2.39. The summed E-state index contributed by atoms with van der Waals surface area (Å²) in [6.07, 6.45) is 4.69. The molecule has 1 aliphatic rings. The van der Waals surface area contributed by atoms with Crippen molar-refractivity contribution in [1.82, 2.24) is 4.90 Å². The van der Waals surface area contributed by atoms with Gasteiger partial charge < -0.3 is 18.8 Å². The molecule has 0 unspecified atom stereocenters. The molecule has 0 radical (unpaired) electrons. The monoisotopic (exact) mass is 497 g/mol. The topological polar surface area (TPSA) is 69.0 Å². The number of ether oxygens (including phenoxy) is 2. The predicted octanol–water partition coefficient (Wildman–Crippen LogP) is 6.38. The fourth-order valence-corrected chi connectivity index (χ4v) is 5.31. The van der Waals surface area contributed by atoms with Crippen LogP contribution in [0.3, 0.4) is 0 Å². The van der Waals surface area contributed by atoms with Gasteiger partial charge in [-0.05, 0) is 60.7 Å². The Bertz CT molecular complexity index is 1520. The molecule has 6 nitrogen and oxygen atoms in total. The Morgan fingerprint density at radius 3 is 2.46 bits per heavy atom. The van der Waals surface area contributed by atoms with E-state index in [0.29, 0.717) is 31.7 Å². The number of nitrogens with zero attached hydrogens (tertiary/aromatic N) is 1. The van der Waals surface area contributed by atoms with Gasteiger partial charge in [0, 0.05) is 41.2 Å². The van der Waals surface area contributed by atoms with Gasteiger partial charge in [0.2, 0.25) is 5.91 Å². The first kappa shape index (κ1) is 24.6. The molecule has 0 aliphatic carbocycles. The minimum absolute atomic E-state index is 0.0671. The quantitative estimate of drug-likeness (QED) is 0.236. The minimum Gasteiger partial charge on any atom is -0.496 e. The normalized spacial score (nSPS) is 14.8. The number of piperidine rings is 1. The maximum Gasteiger partial charge on any atom is 0.308 e. The highest BCUT2D eigenvalue weighted by molar-refractivity contribution is 6.02. The number of likely N-dealkylation sites (tertiary alicyclic amines) is 1. The SMILES string of the molecule is COC(=O)C1CCN(C(=O)/C=C(\C)c2cc3c(-c4ccc5ccccc5c4)coc3c(C)c2OC)CC1. The molecular formula is C31H31NO5. The molecular weight excluding hydrogens is 466 g/mol. The second-order valence-corrected chi connectivity index (χ2v) is 9.62. The maximum absolute atomic E-state index is 13.1.